The zero-order chi connectivity index (χ0) is 29.9. The van der Waals surface area contributed by atoms with Crippen molar-refractivity contribution in [2.75, 3.05) is 36.5 Å². The van der Waals surface area contributed by atoms with E-state index in [9.17, 15) is 19.5 Å². The summed E-state index contributed by atoms with van der Waals surface area (Å²) in [7, 11) is 0. The number of likely N-dealkylation sites (tertiary alicyclic amines) is 1. The molecule has 3 amide bonds. The maximum absolute atomic E-state index is 14.2. The summed E-state index contributed by atoms with van der Waals surface area (Å²) in [6.07, 6.45) is 3.15. The molecule has 0 aromatic heterocycles. The van der Waals surface area contributed by atoms with E-state index in [0.29, 0.717) is 44.5 Å². The van der Waals surface area contributed by atoms with E-state index in [4.69, 9.17) is 4.74 Å². The van der Waals surface area contributed by atoms with Gasteiger partial charge in [-0.3, -0.25) is 14.4 Å². The second-order valence-electron chi connectivity index (χ2n) is 12.0. The summed E-state index contributed by atoms with van der Waals surface area (Å²) in [5, 5.41) is 15.4. The second kappa shape index (κ2) is 12.4. The molecule has 5 rings (SSSR count). The highest BCUT2D eigenvalue weighted by Crippen LogP contribution is 2.63. The Bertz CT molecular complexity index is 1270. The van der Waals surface area contributed by atoms with Gasteiger partial charge in [-0.2, -0.15) is 0 Å². The number of hydrogen-bond acceptors (Lipinski definition) is 6. The predicted octanol–water partition coefficient (Wildman–Crippen LogP) is 3.72. The summed E-state index contributed by atoms with van der Waals surface area (Å²) < 4.78 is 6.71. The highest BCUT2D eigenvalue weighted by molar-refractivity contribution is 6.03. The van der Waals surface area contributed by atoms with Crippen LogP contribution in [-0.4, -0.2) is 71.2 Å². The Labute approximate surface area is 248 Å². The van der Waals surface area contributed by atoms with Crippen LogP contribution in [0.15, 0.2) is 54.6 Å². The molecule has 2 unspecified atom stereocenters. The van der Waals surface area contributed by atoms with E-state index in [1.54, 1.807) is 4.90 Å². The van der Waals surface area contributed by atoms with Crippen LogP contribution in [0.1, 0.15) is 58.4 Å². The number of rotatable bonds is 13. The Hall–Kier alpha value is -3.43. The summed E-state index contributed by atoms with van der Waals surface area (Å²) in [5.74, 6) is -2.12. The molecule has 0 saturated carbocycles. The van der Waals surface area contributed by atoms with Crippen LogP contribution in [-0.2, 0) is 25.7 Å². The van der Waals surface area contributed by atoms with Crippen molar-refractivity contribution in [2.45, 2.75) is 76.7 Å². The van der Waals surface area contributed by atoms with Crippen LogP contribution >= 0.6 is 0 Å². The number of hydrogen-bond donors (Lipinski definition) is 3. The average molecular weight is 577 g/mol. The SMILES string of the molecule is CCN(CC)c1ccc(NC(=O)C2N(CCCCCO)C(=O)[C@@H]3[C@@H](C(=O)NCc4ccccc4)[C@@]4(C)CCC23O4)cc1. The smallest absolute Gasteiger partial charge is 0.250 e. The number of ether oxygens (including phenoxy) is 1. The second-order valence-corrected chi connectivity index (χ2v) is 12.0. The maximum atomic E-state index is 14.2. The molecule has 42 heavy (non-hydrogen) atoms. The molecule has 9 nitrogen and oxygen atoms in total. The minimum atomic E-state index is -1.07. The Balaban J connectivity index is 1.40. The number of fused-ring (bicyclic) bond motifs is 1. The van der Waals surface area contributed by atoms with Crippen molar-refractivity contribution in [1.29, 1.82) is 0 Å². The monoisotopic (exact) mass is 576 g/mol. The van der Waals surface area contributed by atoms with Gasteiger partial charge in [0.05, 0.1) is 17.4 Å². The zero-order valence-electron chi connectivity index (χ0n) is 25.0. The predicted molar refractivity (Wildman–Crippen MR) is 162 cm³/mol. The van der Waals surface area contributed by atoms with Gasteiger partial charge in [-0.1, -0.05) is 30.3 Å². The number of carbonyl (C=O) groups is 3. The molecule has 3 aliphatic heterocycles. The minimum absolute atomic E-state index is 0.0824. The third-order valence-electron chi connectivity index (χ3n) is 9.44. The van der Waals surface area contributed by atoms with E-state index in [1.165, 1.54) is 0 Å². The molecule has 1 spiro atoms. The quantitative estimate of drug-likeness (QED) is 0.314. The van der Waals surface area contributed by atoms with Crippen molar-refractivity contribution >= 4 is 29.1 Å². The zero-order valence-corrected chi connectivity index (χ0v) is 25.0. The van der Waals surface area contributed by atoms with Gasteiger partial charge in [0, 0.05) is 44.2 Å². The van der Waals surface area contributed by atoms with Gasteiger partial charge in [-0.15, -0.1) is 0 Å². The molecular formula is C33H44N4O5. The van der Waals surface area contributed by atoms with Crippen molar-refractivity contribution in [1.82, 2.24) is 10.2 Å². The fourth-order valence-corrected chi connectivity index (χ4v) is 7.39. The first-order chi connectivity index (χ1) is 20.3. The molecule has 0 radical (unpaired) electrons. The van der Waals surface area contributed by atoms with Gasteiger partial charge >= 0.3 is 0 Å². The van der Waals surface area contributed by atoms with E-state index in [1.807, 2.05) is 61.5 Å². The van der Waals surface area contributed by atoms with E-state index in [2.05, 4.69) is 29.4 Å². The number of aliphatic hydroxyl groups excluding tert-OH is 1. The molecule has 3 fully saturated rings. The van der Waals surface area contributed by atoms with Gasteiger partial charge in [-0.25, -0.2) is 0 Å². The van der Waals surface area contributed by atoms with E-state index < -0.39 is 29.1 Å². The van der Waals surface area contributed by atoms with Gasteiger partial charge in [0.1, 0.15) is 11.6 Å². The first kappa shape index (κ1) is 30.0. The molecule has 0 aliphatic carbocycles. The van der Waals surface area contributed by atoms with Gasteiger partial charge < -0.3 is 30.3 Å². The van der Waals surface area contributed by atoms with Crippen LogP contribution in [0.5, 0.6) is 0 Å². The van der Waals surface area contributed by atoms with Crippen LogP contribution in [0.4, 0.5) is 11.4 Å². The molecular weight excluding hydrogens is 532 g/mol. The van der Waals surface area contributed by atoms with Crippen molar-refractivity contribution in [3.05, 3.63) is 60.2 Å². The molecule has 9 heteroatoms. The van der Waals surface area contributed by atoms with Crippen molar-refractivity contribution < 1.29 is 24.2 Å². The largest absolute Gasteiger partial charge is 0.396 e. The number of benzene rings is 2. The molecule has 2 aromatic carbocycles. The van der Waals surface area contributed by atoms with Crippen LogP contribution in [0.25, 0.3) is 0 Å². The van der Waals surface area contributed by atoms with Crippen molar-refractivity contribution in [3.63, 3.8) is 0 Å². The summed E-state index contributed by atoms with van der Waals surface area (Å²) in [6.45, 7) is 8.70. The van der Waals surface area contributed by atoms with Crippen LogP contribution < -0.4 is 15.5 Å². The lowest BCUT2D eigenvalue weighted by atomic mass is 9.66. The van der Waals surface area contributed by atoms with Crippen molar-refractivity contribution in [3.8, 4) is 0 Å². The van der Waals surface area contributed by atoms with Gasteiger partial charge in [0.25, 0.3) is 0 Å². The number of nitrogens with one attached hydrogen (secondary N) is 2. The maximum Gasteiger partial charge on any atom is 0.250 e. The average Bonchev–Trinajstić information content (AvgIpc) is 3.56. The molecule has 3 aliphatic rings. The molecule has 2 bridgehead atoms. The molecule has 2 aromatic rings. The highest BCUT2D eigenvalue weighted by Gasteiger charge is 2.77. The lowest BCUT2D eigenvalue weighted by molar-refractivity contribution is -0.144. The number of anilines is 2. The molecule has 3 N–H and O–H groups in total. The highest BCUT2D eigenvalue weighted by atomic mass is 16.5. The number of nitrogens with zero attached hydrogens (tertiary/aromatic N) is 2. The fraction of sp³-hybridized carbons (Fsp3) is 0.545. The summed E-state index contributed by atoms with van der Waals surface area (Å²) in [6, 6.07) is 16.6. The molecule has 3 saturated heterocycles. The van der Waals surface area contributed by atoms with Gasteiger partial charge in [0.15, 0.2) is 0 Å². The lowest BCUT2D eigenvalue weighted by Crippen LogP contribution is -2.53. The van der Waals surface area contributed by atoms with Crippen LogP contribution in [0, 0.1) is 11.8 Å². The minimum Gasteiger partial charge on any atom is -0.396 e. The summed E-state index contributed by atoms with van der Waals surface area (Å²) in [5.41, 5.74) is 0.812. The third-order valence-corrected chi connectivity index (χ3v) is 9.44. The molecule has 3 heterocycles. The number of amides is 3. The fourth-order valence-electron chi connectivity index (χ4n) is 7.39. The lowest BCUT2D eigenvalue weighted by Gasteiger charge is -2.33. The Morgan fingerprint density at radius 1 is 1.00 bits per heavy atom. The van der Waals surface area contributed by atoms with Crippen LogP contribution in [0.3, 0.4) is 0 Å². The van der Waals surface area contributed by atoms with E-state index >= 15 is 0 Å². The van der Waals surface area contributed by atoms with E-state index in [-0.39, 0.29) is 24.3 Å². The Morgan fingerprint density at radius 2 is 1.71 bits per heavy atom. The number of unbranched alkanes of at least 4 members (excludes halogenated alkanes) is 2. The third kappa shape index (κ3) is 5.40. The Kier molecular flexibility index (Phi) is 8.89. The molecule has 5 atom stereocenters. The van der Waals surface area contributed by atoms with E-state index in [0.717, 1.165) is 30.8 Å². The number of aliphatic hydroxyl groups is 1. The number of carbonyl (C=O) groups excluding carboxylic acids is 3. The Morgan fingerprint density at radius 3 is 2.38 bits per heavy atom. The standard InChI is InChI=1S/C33H44N4O5/c1-4-36(5-2)25-16-14-24(15-17-25)35-30(40)28-33-19-18-32(3,42-33)26(29(39)34-22-23-12-8-6-9-13-23)27(33)31(41)37(28)20-10-7-11-21-38/h6,8-9,12-17,26-28,38H,4-5,7,10-11,18-22H2,1-3H3,(H,34,39)(H,35,40)/t26-,27-,28?,32+,33?/m0/s1. The normalized spacial score (nSPS) is 27.7. The first-order valence-corrected chi connectivity index (χ1v) is 15.4. The summed E-state index contributed by atoms with van der Waals surface area (Å²) >= 11 is 0. The van der Waals surface area contributed by atoms with Gasteiger partial charge in [0.2, 0.25) is 17.7 Å². The summed E-state index contributed by atoms with van der Waals surface area (Å²) in [4.78, 5) is 45.8. The molecule has 226 valence electrons. The van der Waals surface area contributed by atoms with Crippen molar-refractivity contribution in [2.24, 2.45) is 11.8 Å². The first-order valence-electron chi connectivity index (χ1n) is 15.4. The van der Waals surface area contributed by atoms with Crippen LogP contribution in [0.2, 0.25) is 0 Å². The topological polar surface area (TPSA) is 111 Å². The van der Waals surface area contributed by atoms with Gasteiger partial charge in [-0.05, 0) is 82.7 Å².